The number of rotatable bonds is 5. The molecule has 0 atom stereocenters. The van der Waals surface area contributed by atoms with Gasteiger partial charge in [0, 0.05) is 17.6 Å². The second-order valence-electron chi connectivity index (χ2n) is 6.11. The summed E-state index contributed by atoms with van der Waals surface area (Å²) in [5.41, 5.74) is 8.86. The molecular formula is C17H27BrN2. The van der Waals surface area contributed by atoms with Crippen molar-refractivity contribution in [3.05, 3.63) is 33.8 Å². The third kappa shape index (κ3) is 3.63. The Morgan fingerprint density at radius 3 is 2.35 bits per heavy atom. The highest BCUT2D eigenvalue weighted by Gasteiger charge is 2.31. The Labute approximate surface area is 131 Å². The molecule has 2 N–H and O–H groups in total. The number of hydrogen-bond donors (Lipinski definition) is 1. The van der Waals surface area contributed by atoms with Gasteiger partial charge < -0.3 is 5.73 Å². The minimum absolute atomic E-state index is 0.608. The number of nitrogens with two attached hydrogens (primary N) is 1. The van der Waals surface area contributed by atoms with Crippen LogP contribution in [-0.4, -0.2) is 18.0 Å². The molecule has 1 aliphatic rings. The van der Waals surface area contributed by atoms with Crippen molar-refractivity contribution in [3.8, 4) is 0 Å². The molecule has 1 saturated heterocycles. The van der Waals surface area contributed by atoms with Crippen LogP contribution in [0.25, 0.3) is 0 Å². The predicted molar refractivity (Wildman–Crippen MR) is 89.6 cm³/mol. The Kier molecular flexibility index (Phi) is 5.65. The van der Waals surface area contributed by atoms with E-state index in [1.165, 1.54) is 54.4 Å². The predicted octanol–water partition coefficient (Wildman–Crippen LogP) is 4.31. The Morgan fingerprint density at radius 2 is 1.85 bits per heavy atom. The van der Waals surface area contributed by atoms with Crippen molar-refractivity contribution in [1.29, 1.82) is 0 Å². The van der Waals surface area contributed by atoms with Gasteiger partial charge in [-0.2, -0.15) is 0 Å². The van der Waals surface area contributed by atoms with Crippen LogP contribution in [0, 0.1) is 5.41 Å². The lowest BCUT2D eigenvalue weighted by Gasteiger charge is -2.41. The third-order valence-corrected chi connectivity index (χ3v) is 5.90. The molecule has 0 unspecified atom stereocenters. The van der Waals surface area contributed by atoms with Gasteiger partial charge in [-0.1, -0.05) is 54.8 Å². The largest absolute Gasteiger partial charge is 0.326 e. The molecule has 2 rings (SSSR count). The van der Waals surface area contributed by atoms with E-state index in [4.69, 9.17) is 5.73 Å². The molecule has 0 radical (unpaired) electrons. The summed E-state index contributed by atoms with van der Waals surface area (Å²) in [6, 6.07) is 6.52. The van der Waals surface area contributed by atoms with E-state index in [-0.39, 0.29) is 0 Å². The van der Waals surface area contributed by atoms with Crippen molar-refractivity contribution in [3.63, 3.8) is 0 Å². The van der Waals surface area contributed by atoms with Gasteiger partial charge in [0.15, 0.2) is 0 Å². The molecule has 1 aliphatic heterocycles. The molecule has 0 aromatic heterocycles. The molecule has 1 aromatic rings. The standard InChI is InChI=1S/C17H27BrN2/c1-3-17(4-2)7-9-20(10-8-17)13-15-6-5-14(12-19)11-16(15)18/h5-6,11H,3-4,7-10,12-13,19H2,1-2H3. The van der Waals surface area contributed by atoms with Crippen molar-refractivity contribution in [2.75, 3.05) is 13.1 Å². The summed E-state index contributed by atoms with van der Waals surface area (Å²) >= 11 is 3.68. The summed E-state index contributed by atoms with van der Waals surface area (Å²) in [6.07, 6.45) is 5.34. The smallest absolute Gasteiger partial charge is 0.0244 e. The van der Waals surface area contributed by atoms with Crippen LogP contribution in [0.4, 0.5) is 0 Å². The first-order chi connectivity index (χ1) is 9.62. The van der Waals surface area contributed by atoms with Gasteiger partial charge in [-0.25, -0.2) is 0 Å². The third-order valence-electron chi connectivity index (χ3n) is 5.16. The Morgan fingerprint density at radius 1 is 1.20 bits per heavy atom. The zero-order valence-electron chi connectivity index (χ0n) is 12.8. The zero-order chi connectivity index (χ0) is 14.6. The quantitative estimate of drug-likeness (QED) is 0.866. The van der Waals surface area contributed by atoms with Crippen LogP contribution in [0.2, 0.25) is 0 Å². The van der Waals surface area contributed by atoms with E-state index >= 15 is 0 Å². The molecule has 2 nitrogen and oxygen atoms in total. The Balaban J connectivity index is 1.96. The molecule has 0 bridgehead atoms. The van der Waals surface area contributed by atoms with Crippen LogP contribution in [0.15, 0.2) is 22.7 Å². The van der Waals surface area contributed by atoms with E-state index in [2.05, 4.69) is 52.9 Å². The molecule has 1 aromatic carbocycles. The minimum Gasteiger partial charge on any atom is -0.326 e. The van der Waals surface area contributed by atoms with Crippen molar-refractivity contribution in [2.24, 2.45) is 11.1 Å². The number of piperidine rings is 1. The second kappa shape index (κ2) is 7.06. The molecule has 1 fully saturated rings. The first-order valence-electron chi connectivity index (χ1n) is 7.82. The highest BCUT2D eigenvalue weighted by atomic mass is 79.9. The first kappa shape index (κ1) is 16.0. The first-order valence-corrected chi connectivity index (χ1v) is 8.61. The number of benzene rings is 1. The van der Waals surface area contributed by atoms with Gasteiger partial charge in [-0.3, -0.25) is 4.90 Å². The summed E-state index contributed by atoms with van der Waals surface area (Å²) in [6.45, 7) is 8.81. The van der Waals surface area contributed by atoms with Gasteiger partial charge in [0.2, 0.25) is 0 Å². The zero-order valence-corrected chi connectivity index (χ0v) is 14.4. The van der Waals surface area contributed by atoms with Gasteiger partial charge in [0.25, 0.3) is 0 Å². The van der Waals surface area contributed by atoms with E-state index in [1.54, 1.807) is 0 Å². The van der Waals surface area contributed by atoms with Crippen LogP contribution < -0.4 is 5.73 Å². The summed E-state index contributed by atoms with van der Waals surface area (Å²) in [5, 5.41) is 0. The maximum Gasteiger partial charge on any atom is 0.0244 e. The average molecular weight is 339 g/mol. The molecule has 3 heteroatoms. The van der Waals surface area contributed by atoms with E-state index in [1.807, 2.05) is 0 Å². The molecular weight excluding hydrogens is 312 g/mol. The van der Waals surface area contributed by atoms with Crippen LogP contribution in [0.1, 0.15) is 50.7 Å². The lowest BCUT2D eigenvalue weighted by molar-refractivity contribution is 0.0907. The van der Waals surface area contributed by atoms with Crippen LogP contribution in [0.3, 0.4) is 0 Å². The fraction of sp³-hybridized carbons (Fsp3) is 0.647. The van der Waals surface area contributed by atoms with E-state index in [9.17, 15) is 0 Å². The van der Waals surface area contributed by atoms with E-state index in [0.29, 0.717) is 12.0 Å². The maximum absolute atomic E-state index is 5.68. The monoisotopic (exact) mass is 338 g/mol. The van der Waals surface area contributed by atoms with E-state index in [0.717, 1.165) is 6.54 Å². The Bertz CT molecular complexity index is 431. The van der Waals surface area contributed by atoms with Crippen molar-refractivity contribution >= 4 is 15.9 Å². The van der Waals surface area contributed by atoms with Gasteiger partial charge >= 0.3 is 0 Å². The summed E-state index contributed by atoms with van der Waals surface area (Å²) < 4.78 is 1.20. The molecule has 0 amide bonds. The van der Waals surface area contributed by atoms with Crippen LogP contribution in [-0.2, 0) is 13.1 Å². The Hall–Kier alpha value is -0.380. The summed E-state index contributed by atoms with van der Waals surface area (Å²) in [7, 11) is 0. The number of likely N-dealkylation sites (tertiary alicyclic amines) is 1. The number of halogens is 1. The maximum atomic E-state index is 5.68. The normalized spacial score (nSPS) is 19.2. The van der Waals surface area contributed by atoms with E-state index < -0.39 is 0 Å². The van der Waals surface area contributed by atoms with Gasteiger partial charge in [-0.05, 0) is 48.5 Å². The van der Waals surface area contributed by atoms with Crippen molar-refractivity contribution < 1.29 is 0 Å². The molecule has 20 heavy (non-hydrogen) atoms. The second-order valence-corrected chi connectivity index (χ2v) is 6.97. The molecule has 0 saturated carbocycles. The number of nitrogens with zero attached hydrogens (tertiary/aromatic N) is 1. The highest BCUT2D eigenvalue weighted by Crippen LogP contribution is 2.38. The fourth-order valence-corrected chi connectivity index (χ4v) is 3.78. The molecule has 0 spiro atoms. The summed E-state index contributed by atoms with van der Waals surface area (Å²) in [4.78, 5) is 2.59. The average Bonchev–Trinajstić information content (AvgIpc) is 2.50. The SMILES string of the molecule is CCC1(CC)CCN(Cc2ccc(CN)cc2Br)CC1. The van der Waals surface area contributed by atoms with Gasteiger partial charge in [0.1, 0.15) is 0 Å². The highest BCUT2D eigenvalue weighted by molar-refractivity contribution is 9.10. The topological polar surface area (TPSA) is 29.3 Å². The molecule has 0 aliphatic carbocycles. The van der Waals surface area contributed by atoms with Gasteiger partial charge in [0.05, 0.1) is 0 Å². The lowest BCUT2D eigenvalue weighted by atomic mass is 9.74. The lowest BCUT2D eigenvalue weighted by Crippen LogP contribution is -2.39. The van der Waals surface area contributed by atoms with Crippen LogP contribution in [0.5, 0.6) is 0 Å². The summed E-state index contributed by atoms with van der Waals surface area (Å²) in [5.74, 6) is 0. The van der Waals surface area contributed by atoms with Crippen LogP contribution >= 0.6 is 15.9 Å². The molecule has 112 valence electrons. The van der Waals surface area contributed by atoms with Crippen molar-refractivity contribution in [1.82, 2.24) is 4.90 Å². The fourth-order valence-electron chi connectivity index (χ4n) is 3.23. The minimum atomic E-state index is 0.608. The number of hydrogen-bond acceptors (Lipinski definition) is 2. The molecule has 1 heterocycles. The van der Waals surface area contributed by atoms with Crippen molar-refractivity contribution in [2.45, 2.75) is 52.6 Å². The van der Waals surface area contributed by atoms with Gasteiger partial charge in [-0.15, -0.1) is 0 Å².